The highest BCUT2D eigenvalue weighted by atomic mass is 35.5. The molecule has 1 aromatic carbocycles. The number of halogens is 1. The highest BCUT2D eigenvalue weighted by molar-refractivity contribution is 6.30. The maximum Gasteiger partial charge on any atom is 0.136 e. The Bertz CT molecular complexity index is 779. The minimum atomic E-state index is 0.514. The zero-order valence-electron chi connectivity index (χ0n) is 11.4. The van der Waals surface area contributed by atoms with Gasteiger partial charge in [0.15, 0.2) is 0 Å². The van der Waals surface area contributed by atoms with Crippen molar-refractivity contribution in [3.63, 3.8) is 0 Å². The van der Waals surface area contributed by atoms with Gasteiger partial charge in [-0.15, -0.1) is 0 Å². The number of rotatable bonds is 2. The molecule has 2 aromatic heterocycles. The molecule has 0 unspecified atom stereocenters. The molecule has 0 bridgehead atoms. The van der Waals surface area contributed by atoms with E-state index in [0.29, 0.717) is 5.15 Å². The summed E-state index contributed by atoms with van der Waals surface area (Å²) >= 11 is 6.23. The van der Waals surface area contributed by atoms with Gasteiger partial charge < -0.3 is 0 Å². The molecule has 3 nitrogen and oxygen atoms in total. The van der Waals surface area contributed by atoms with Crippen LogP contribution in [0.2, 0.25) is 5.15 Å². The first kappa shape index (κ1) is 13.0. The summed E-state index contributed by atoms with van der Waals surface area (Å²) in [5, 5.41) is 1.61. The lowest BCUT2D eigenvalue weighted by Gasteiger charge is -2.10. The summed E-state index contributed by atoms with van der Waals surface area (Å²) in [6, 6.07) is 10.1. The molecule has 0 saturated carbocycles. The highest BCUT2D eigenvalue weighted by Gasteiger charge is 2.13. The van der Waals surface area contributed by atoms with Crippen LogP contribution in [0.15, 0.2) is 36.5 Å². The molecule has 0 aliphatic heterocycles. The van der Waals surface area contributed by atoms with Gasteiger partial charge in [0.1, 0.15) is 11.0 Å². The molecule has 0 atom stereocenters. The van der Waals surface area contributed by atoms with Crippen molar-refractivity contribution in [2.75, 3.05) is 0 Å². The molecule has 0 amide bonds. The summed E-state index contributed by atoms with van der Waals surface area (Å²) < 4.78 is 0. The number of nitrogens with zero attached hydrogens (tertiary/aromatic N) is 3. The van der Waals surface area contributed by atoms with E-state index in [9.17, 15) is 0 Å². The van der Waals surface area contributed by atoms with Gasteiger partial charge in [-0.05, 0) is 13.0 Å². The second kappa shape index (κ2) is 5.17. The Hall–Kier alpha value is -2.00. The highest BCUT2D eigenvalue weighted by Crippen LogP contribution is 2.30. The van der Waals surface area contributed by atoms with Crippen molar-refractivity contribution in [1.29, 1.82) is 0 Å². The predicted molar refractivity (Wildman–Crippen MR) is 81.9 cm³/mol. The third kappa shape index (κ3) is 2.14. The van der Waals surface area contributed by atoms with Gasteiger partial charge in [0.05, 0.1) is 11.2 Å². The number of pyridine rings is 1. The first-order valence-electron chi connectivity index (χ1n) is 6.58. The molecular formula is C16H14ClN3. The Morgan fingerprint density at radius 3 is 2.70 bits per heavy atom. The average molecular weight is 284 g/mol. The molecule has 2 heterocycles. The van der Waals surface area contributed by atoms with Crippen LogP contribution in [0.3, 0.4) is 0 Å². The molecule has 0 N–H and O–H groups in total. The summed E-state index contributed by atoms with van der Waals surface area (Å²) in [7, 11) is 0. The molecule has 4 heteroatoms. The van der Waals surface area contributed by atoms with E-state index >= 15 is 0 Å². The van der Waals surface area contributed by atoms with E-state index < -0.39 is 0 Å². The molecule has 0 spiro atoms. The van der Waals surface area contributed by atoms with Crippen molar-refractivity contribution in [3.8, 4) is 11.3 Å². The second-order valence-electron chi connectivity index (χ2n) is 4.64. The van der Waals surface area contributed by atoms with E-state index in [4.69, 9.17) is 11.6 Å². The lowest BCUT2D eigenvalue weighted by molar-refractivity contribution is 0.934. The zero-order valence-corrected chi connectivity index (χ0v) is 12.1. The number of aryl methyl sites for hydroxylation is 1. The van der Waals surface area contributed by atoms with Gasteiger partial charge in [0, 0.05) is 29.1 Å². The van der Waals surface area contributed by atoms with Gasteiger partial charge in [-0.1, -0.05) is 42.8 Å². The van der Waals surface area contributed by atoms with E-state index in [1.54, 1.807) is 6.20 Å². The van der Waals surface area contributed by atoms with Gasteiger partial charge in [0.2, 0.25) is 0 Å². The average Bonchev–Trinajstić information content (AvgIpc) is 2.49. The number of benzene rings is 1. The van der Waals surface area contributed by atoms with Crippen molar-refractivity contribution in [3.05, 3.63) is 53.1 Å². The maximum atomic E-state index is 6.23. The molecular weight excluding hydrogens is 270 g/mol. The number of para-hydroxylation sites is 1. The standard InChI is InChI=1S/C16H14ClN3/c1-3-13-19-14(10(2)16(17)20-13)12-8-4-6-11-7-5-9-18-15(11)12/h4-9H,3H2,1-2H3. The third-order valence-corrected chi connectivity index (χ3v) is 3.70. The minimum absolute atomic E-state index is 0.514. The Kier molecular flexibility index (Phi) is 3.36. The molecule has 20 heavy (non-hydrogen) atoms. The summed E-state index contributed by atoms with van der Waals surface area (Å²) in [5.41, 5.74) is 3.70. The van der Waals surface area contributed by atoms with Crippen LogP contribution in [0.4, 0.5) is 0 Å². The molecule has 0 aliphatic carbocycles. The van der Waals surface area contributed by atoms with Crippen molar-refractivity contribution < 1.29 is 0 Å². The fraction of sp³-hybridized carbons (Fsp3) is 0.188. The Labute approximate surface area is 122 Å². The van der Waals surface area contributed by atoms with Crippen LogP contribution in [0.25, 0.3) is 22.2 Å². The van der Waals surface area contributed by atoms with Crippen LogP contribution in [-0.2, 0) is 6.42 Å². The largest absolute Gasteiger partial charge is 0.256 e. The Morgan fingerprint density at radius 2 is 1.90 bits per heavy atom. The topological polar surface area (TPSA) is 38.7 Å². The van der Waals surface area contributed by atoms with Gasteiger partial charge in [-0.25, -0.2) is 9.97 Å². The first-order valence-corrected chi connectivity index (χ1v) is 6.95. The van der Waals surface area contributed by atoms with E-state index in [1.165, 1.54) is 0 Å². The van der Waals surface area contributed by atoms with Gasteiger partial charge in [-0.2, -0.15) is 0 Å². The van der Waals surface area contributed by atoms with Crippen molar-refractivity contribution in [2.24, 2.45) is 0 Å². The lowest BCUT2D eigenvalue weighted by Crippen LogP contribution is -2.00. The quantitative estimate of drug-likeness (QED) is 0.661. The summed E-state index contributed by atoms with van der Waals surface area (Å²) in [4.78, 5) is 13.4. The van der Waals surface area contributed by atoms with E-state index in [0.717, 1.165) is 40.0 Å². The van der Waals surface area contributed by atoms with Gasteiger partial charge in [-0.3, -0.25) is 4.98 Å². The minimum Gasteiger partial charge on any atom is -0.256 e. The molecule has 3 rings (SSSR count). The Morgan fingerprint density at radius 1 is 1.10 bits per heavy atom. The number of hydrogen-bond acceptors (Lipinski definition) is 3. The maximum absolute atomic E-state index is 6.23. The van der Waals surface area contributed by atoms with Crippen LogP contribution in [0, 0.1) is 6.92 Å². The van der Waals surface area contributed by atoms with Crippen LogP contribution < -0.4 is 0 Å². The third-order valence-electron chi connectivity index (χ3n) is 3.34. The molecule has 0 fully saturated rings. The van der Waals surface area contributed by atoms with E-state index in [-0.39, 0.29) is 0 Å². The molecule has 0 radical (unpaired) electrons. The van der Waals surface area contributed by atoms with Crippen molar-refractivity contribution >= 4 is 22.5 Å². The SMILES string of the molecule is CCc1nc(Cl)c(C)c(-c2cccc3cccnc23)n1. The fourth-order valence-electron chi connectivity index (χ4n) is 2.25. The summed E-state index contributed by atoms with van der Waals surface area (Å²) in [6.45, 7) is 3.96. The van der Waals surface area contributed by atoms with Crippen LogP contribution in [-0.4, -0.2) is 15.0 Å². The van der Waals surface area contributed by atoms with E-state index in [2.05, 4.69) is 15.0 Å². The normalized spacial score (nSPS) is 10.9. The number of fused-ring (bicyclic) bond motifs is 1. The molecule has 0 saturated heterocycles. The summed E-state index contributed by atoms with van der Waals surface area (Å²) in [5.74, 6) is 0.753. The molecule has 0 aliphatic rings. The fourth-order valence-corrected chi connectivity index (χ4v) is 2.44. The van der Waals surface area contributed by atoms with Crippen molar-refractivity contribution in [2.45, 2.75) is 20.3 Å². The lowest BCUT2D eigenvalue weighted by atomic mass is 10.0. The first-order chi connectivity index (χ1) is 9.70. The zero-order chi connectivity index (χ0) is 14.1. The Balaban J connectivity index is 2.33. The van der Waals surface area contributed by atoms with Crippen LogP contribution >= 0.6 is 11.6 Å². The van der Waals surface area contributed by atoms with E-state index in [1.807, 2.05) is 44.2 Å². The van der Waals surface area contributed by atoms with Crippen molar-refractivity contribution in [1.82, 2.24) is 15.0 Å². The van der Waals surface area contributed by atoms with Crippen LogP contribution in [0.5, 0.6) is 0 Å². The number of aromatic nitrogens is 3. The molecule has 3 aromatic rings. The van der Waals surface area contributed by atoms with Gasteiger partial charge >= 0.3 is 0 Å². The summed E-state index contributed by atoms with van der Waals surface area (Å²) in [6.07, 6.45) is 2.55. The molecule has 100 valence electrons. The van der Waals surface area contributed by atoms with Gasteiger partial charge in [0.25, 0.3) is 0 Å². The smallest absolute Gasteiger partial charge is 0.136 e. The number of hydrogen-bond donors (Lipinski definition) is 0. The second-order valence-corrected chi connectivity index (χ2v) is 5.00. The predicted octanol–water partition coefficient (Wildman–Crippen LogP) is 4.22. The van der Waals surface area contributed by atoms with Crippen LogP contribution in [0.1, 0.15) is 18.3 Å². The monoisotopic (exact) mass is 283 g/mol.